The summed E-state index contributed by atoms with van der Waals surface area (Å²) >= 11 is 0. The minimum absolute atomic E-state index is 0.0445. The Morgan fingerprint density at radius 2 is 2.09 bits per heavy atom. The molecule has 1 radical (unpaired) electrons. The molecule has 0 aromatic heterocycles. The standard InChI is InChI=1S/C9H14NO/c11-6-8-5-7-3-1-2-4-9(7)10-8/h7-10H,1-5H2/t7-,8+,9+/m1/s1. The predicted octanol–water partition coefficient (Wildman–Crippen LogP) is 1.02. The van der Waals surface area contributed by atoms with Crippen LogP contribution in [0.1, 0.15) is 32.1 Å². The van der Waals surface area contributed by atoms with E-state index in [-0.39, 0.29) is 6.04 Å². The number of hydrogen-bond donors (Lipinski definition) is 1. The van der Waals surface area contributed by atoms with E-state index < -0.39 is 0 Å². The Labute approximate surface area is 67.4 Å². The molecule has 2 rings (SSSR count). The van der Waals surface area contributed by atoms with Gasteiger partial charge in [-0.2, -0.15) is 0 Å². The highest BCUT2D eigenvalue weighted by molar-refractivity contribution is 5.59. The Kier molecular flexibility index (Phi) is 1.95. The van der Waals surface area contributed by atoms with Gasteiger partial charge in [-0.3, -0.25) is 4.79 Å². The van der Waals surface area contributed by atoms with Crippen LogP contribution in [0, 0.1) is 5.92 Å². The van der Waals surface area contributed by atoms with Gasteiger partial charge in [-0.25, -0.2) is 0 Å². The van der Waals surface area contributed by atoms with Crippen LogP contribution >= 0.6 is 0 Å². The third-order valence-corrected chi connectivity index (χ3v) is 3.01. The Morgan fingerprint density at radius 1 is 1.27 bits per heavy atom. The summed E-state index contributed by atoms with van der Waals surface area (Å²) in [7, 11) is 0. The minimum Gasteiger partial charge on any atom is -0.304 e. The van der Waals surface area contributed by atoms with Crippen molar-refractivity contribution in [1.29, 1.82) is 0 Å². The second-order valence-electron chi connectivity index (χ2n) is 3.72. The van der Waals surface area contributed by atoms with Crippen molar-refractivity contribution >= 4 is 6.29 Å². The van der Waals surface area contributed by atoms with Crippen molar-refractivity contribution < 1.29 is 4.79 Å². The van der Waals surface area contributed by atoms with Crippen molar-refractivity contribution in [2.45, 2.75) is 44.2 Å². The average Bonchev–Trinajstić information content (AvgIpc) is 2.46. The first-order chi connectivity index (χ1) is 5.40. The molecule has 61 valence electrons. The lowest BCUT2D eigenvalue weighted by molar-refractivity contribution is 0.326. The number of carbonyl (C=O) groups excluding carboxylic acids is 1. The normalized spacial score (nSPS) is 43.5. The topological polar surface area (TPSA) is 29.1 Å². The van der Waals surface area contributed by atoms with Gasteiger partial charge < -0.3 is 5.32 Å². The fraction of sp³-hybridized carbons (Fsp3) is 0.889. The van der Waals surface area contributed by atoms with Gasteiger partial charge in [-0.1, -0.05) is 12.8 Å². The molecule has 1 heterocycles. The summed E-state index contributed by atoms with van der Waals surface area (Å²) in [5.41, 5.74) is 0. The molecule has 0 amide bonds. The highest BCUT2D eigenvalue weighted by atomic mass is 16.1. The van der Waals surface area contributed by atoms with Crippen LogP contribution in [-0.2, 0) is 4.79 Å². The summed E-state index contributed by atoms with van der Waals surface area (Å²) in [5.74, 6) is 0.773. The maximum atomic E-state index is 10.4. The average molecular weight is 152 g/mol. The molecule has 2 heteroatoms. The molecule has 11 heavy (non-hydrogen) atoms. The molecular formula is C9H14NO. The van der Waals surface area contributed by atoms with Crippen LogP contribution < -0.4 is 5.32 Å². The first-order valence-corrected chi connectivity index (χ1v) is 4.54. The van der Waals surface area contributed by atoms with Gasteiger partial charge in [-0.05, 0) is 25.2 Å². The van der Waals surface area contributed by atoms with E-state index in [1.54, 1.807) is 0 Å². The third kappa shape index (κ3) is 1.32. The van der Waals surface area contributed by atoms with E-state index >= 15 is 0 Å². The van der Waals surface area contributed by atoms with Crippen molar-refractivity contribution in [3.05, 3.63) is 0 Å². The molecule has 0 bridgehead atoms. The van der Waals surface area contributed by atoms with Crippen molar-refractivity contribution in [1.82, 2.24) is 5.32 Å². The molecule has 1 aliphatic carbocycles. The third-order valence-electron chi connectivity index (χ3n) is 3.01. The monoisotopic (exact) mass is 152 g/mol. The van der Waals surface area contributed by atoms with Crippen molar-refractivity contribution in [2.24, 2.45) is 5.92 Å². The Bertz CT molecular complexity index is 144. The van der Waals surface area contributed by atoms with Crippen LogP contribution in [0.5, 0.6) is 0 Å². The molecule has 1 saturated carbocycles. The van der Waals surface area contributed by atoms with E-state index in [2.05, 4.69) is 11.6 Å². The fourth-order valence-corrected chi connectivity index (χ4v) is 2.42. The summed E-state index contributed by atoms with van der Waals surface area (Å²) in [4.78, 5) is 10.4. The summed E-state index contributed by atoms with van der Waals surface area (Å²) in [6.07, 6.45) is 8.37. The van der Waals surface area contributed by atoms with Crippen LogP contribution in [-0.4, -0.2) is 18.4 Å². The number of nitrogens with one attached hydrogen (secondary N) is 1. The predicted molar refractivity (Wildman–Crippen MR) is 43.0 cm³/mol. The van der Waals surface area contributed by atoms with E-state index in [1.807, 2.05) is 0 Å². The summed E-state index contributed by atoms with van der Waals surface area (Å²) in [5, 5.41) is 3.32. The molecule has 1 aliphatic heterocycles. The van der Waals surface area contributed by atoms with Gasteiger partial charge in [0.25, 0.3) is 0 Å². The Hall–Kier alpha value is -0.370. The van der Waals surface area contributed by atoms with Crippen LogP contribution in [0.3, 0.4) is 0 Å². The molecule has 0 aromatic carbocycles. The van der Waals surface area contributed by atoms with Gasteiger partial charge in [0.2, 0.25) is 6.29 Å². The minimum atomic E-state index is 0.0445. The lowest BCUT2D eigenvalue weighted by Gasteiger charge is -2.24. The fourth-order valence-electron chi connectivity index (χ4n) is 2.42. The first kappa shape index (κ1) is 7.29. The zero-order valence-electron chi connectivity index (χ0n) is 6.68. The largest absolute Gasteiger partial charge is 0.304 e. The maximum absolute atomic E-state index is 10.4. The molecule has 2 aliphatic rings. The second kappa shape index (κ2) is 2.94. The van der Waals surface area contributed by atoms with E-state index in [0.29, 0.717) is 6.04 Å². The second-order valence-corrected chi connectivity index (χ2v) is 3.72. The molecule has 0 aromatic rings. The molecule has 0 unspecified atom stereocenters. The summed E-state index contributed by atoms with van der Waals surface area (Å²) in [6, 6.07) is 0.679. The van der Waals surface area contributed by atoms with E-state index in [0.717, 1.165) is 12.3 Å². The van der Waals surface area contributed by atoms with Gasteiger partial charge in [0.15, 0.2) is 0 Å². The number of hydrogen-bond acceptors (Lipinski definition) is 2. The first-order valence-electron chi connectivity index (χ1n) is 4.54. The van der Waals surface area contributed by atoms with Crippen LogP contribution in [0.25, 0.3) is 0 Å². The summed E-state index contributed by atoms with van der Waals surface area (Å²) < 4.78 is 0. The Balaban J connectivity index is 1.97. The molecule has 2 fully saturated rings. The van der Waals surface area contributed by atoms with Crippen LogP contribution in [0.4, 0.5) is 0 Å². The quantitative estimate of drug-likeness (QED) is 0.607. The molecule has 0 spiro atoms. The van der Waals surface area contributed by atoms with Crippen LogP contribution in [0.15, 0.2) is 0 Å². The van der Waals surface area contributed by atoms with Crippen molar-refractivity contribution in [3.8, 4) is 0 Å². The zero-order chi connectivity index (χ0) is 7.68. The lowest BCUT2D eigenvalue weighted by Crippen LogP contribution is -2.33. The molecular weight excluding hydrogens is 138 g/mol. The van der Waals surface area contributed by atoms with E-state index in [4.69, 9.17) is 0 Å². The molecule has 3 atom stereocenters. The SMILES string of the molecule is O=[C][C@@H]1C[C@H]2CCCC[C@@H]2N1. The van der Waals surface area contributed by atoms with E-state index in [1.165, 1.54) is 25.7 Å². The highest BCUT2D eigenvalue weighted by Crippen LogP contribution is 2.32. The number of rotatable bonds is 1. The van der Waals surface area contributed by atoms with Crippen LogP contribution in [0.2, 0.25) is 0 Å². The lowest BCUT2D eigenvalue weighted by atomic mass is 9.85. The molecule has 1 saturated heterocycles. The summed E-state index contributed by atoms with van der Waals surface area (Å²) in [6.45, 7) is 0. The van der Waals surface area contributed by atoms with Crippen molar-refractivity contribution in [2.75, 3.05) is 0 Å². The van der Waals surface area contributed by atoms with Gasteiger partial charge in [0, 0.05) is 6.04 Å². The maximum Gasteiger partial charge on any atom is 0.216 e. The molecule has 1 N–H and O–H groups in total. The highest BCUT2D eigenvalue weighted by Gasteiger charge is 2.34. The van der Waals surface area contributed by atoms with E-state index in [9.17, 15) is 4.79 Å². The molecule has 2 nitrogen and oxygen atoms in total. The Morgan fingerprint density at radius 3 is 2.82 bits per heavy atom. The smallest absolute Gasteiger partial charge is 0.216 e. The zero-order valence-corrected chi connectivity index (χ0v) is 6.68. The van der Waals surface area contributed by atoms with Gasteiger partial charge >= 0.3 is 0 Å². The van der Waals surface area contributed by atoms with Gasteiger partial charge in [0.1, 0.15) is 0 Å². The van der Waals surface area contributed by atoms with Gasteiger partial charge in [0.05, 0.1) is 6.04 Å². The van der Waals surface area contributed by atoms with Crippen molar-refractivity contribution in [3.63, 3.8) is 0 Å². The van der Waals surface area contributed by atoms with Gasteiger partial charge in [-0.15, -0.1) is 0 Å². The number of fused-ring (bicyclic) bond motifs is 1.